The number of piperidine rings is 1. The molecule has 0 spiro atoms. The Morgan fingerprint density at radius 2 is 2.11 bits per heavy atom. The number of nitrogens with zero attached hydrogens (tertiary/aromatic N) is 1. The maximum atomic E-state index is 12.9. The van der Waals surface area contributed by atoms with Crippen LogP contribution in [0.15, 0.2) is 29.2 Å². The zero-order chi connectivity index (χ0) is 18.7. The summed E-state index contributed by atoms with van der Waals surface area (Å²) in [6, 6.07) is 6.16. The van der Waals surface area contributed by atoms with E-state index in [4.69, 9.17) is 0 Å². The maximum absolute atomic E-state index is 12.9. The van der Waals surface area contributed by atoms with E-state index in [9.17, 15) is 18.3 Å². The first kappa shape index (κ1) is 22.1. The number of carbonyl (C=O) groups is 1. The van der Waals surface area contributed by atoms with Gasteiger partial charge in [-0.2, -0.15) is 4.31 Å². The van der Waals surface area contributed by atoms with Gasteiger partial charge in [0.15, 0.2) is 0 Å². The lowest BCUT2D eigenvalue weighted by atomic mass is 10.1. The molecular weight excluding hydrogens is 390 g/mol. The highest BCUT2D eigenvalue weighted by atomic mass is 35.5. The summed E-state index contributed by atoms with van der Waals surface area (Å²) in [5.41, 5.74) is 0.316. The van der Waals surface area contributed by atoms with Crippen molar-refractivity contribution in [2.24, 2.45) is 5.92 Å². The molecule has 3 unspecified atom stereocenters. The van der Waals surface area contributed by atoms with Gasteiger partial charge >= 0.3 is 0 Å². The predicted molar refractivity (Wildman–Crippen MR) is 106 cm³/mol. The largest absolute Gasteiger partial charge is 0.391 e. The van der Waals surface area contributed by atoms with Crippen molar-refractivity contribution in [1.82, 2.24) is 14.9 Å². The molecule has 152 valence electrons. The van der Waals surface area contributed by atoms with Gasteiger partial charge in [0.25, 0.3) is 5.91 Å². The molecule has 2 saturated heterocycles. The number of rotatable bonds is 5. The molecule has 3 atom stereocenters. The molecule has 2 heterocycles. The van der Waals surface area contributed by atoms with E-state index < -0.39 is 16.1 Å². The third-order valence-electron chi connectivity index (χ3n) is 5.27. The molecule has 2 aliphatic rings. The van der Waals surface area contributed by atoms with Crippen molar-refractivity contribution in [3.63, 3.8) is 0 Å². The van der Waals surface area contributed by atoms with Crippen molar-refractivity contribution >= 4 is 28.3 Å². The summed E-state index contributed by atoms with van der Waals surface area (Å²) in [7, 11) is -3.60. The lowest BCUT2D eigenvalue weighted by molar-refractivity contribution is 0.0927. The number of benzene rings is 1. The molecule has 2 fully saturated rings. The number of sulfonamides is 1. The third-order valence-corrected chi connectivity index (χ3v) is 7.28. The van der Waals surface area contributed by atoms with Crippen molar-refractivity contribution in [2.75, 3.05) is 26.2 Å². The number of aliphatic hydroxyl groups excluding tert-OH is 1. The number of amides is 1. The van der Waals surface area contributed by atoms with Crippen LogP contribution in [0.1, 0.15) is 36.5 Å². The predicted octanol–water partition coefficient (Wildman–Crippen LogP) is 0.982. The molecule has 27 heavy (non-hydrogen) atoms. The summed E-state index contributed by atoms with van der Waals surface area (Å²) in [6.45, 7) is 3.98. The molecule has 1 aromatic carbocycles. The van der Waals surface area contributed by atoms with Gasteiger partial charge in [0.2, 0.25) is 10.0 Å². The van der Waals surface area contributed by atoms with Crippen LogP contribution in [-0.2, 0) is 10.0 Å². The molecule has 7 nitrogen and oxygen atoms in total. The third kappa shape index (κ3) is 5.00. The van der Waals surface area contributed by atoms with Crippen LogP contribution in [0.2, 0.25) is 0 Å². The monoisotopic (exact) mass is 417 g/mol. The summed E-state index contributed by atoms with van der Waals surface area (Å²) in [4.78, 5) is 12.6. The van der Waals surface area contributed by atoms with E-state index >= 15 is 0 Å². The summed E-state index contributed by atoms with van der Waals surface area (Å²) >= 11 is 0. The number of hydrogen-bond acceptors (Lipinski definition) is 5. The lowest BCUT2D eigenvalue weighted by Crippen LogP contribution is -2.42. The Bertz CT molecular complexity index is 759. The van der Waals surface area contributed by atoms with Crippen LogP contribution in [0.4, 0.5) is 0 Å². The number of hydrogen-bond donors (Lipinski definition) is 3. The minimum absolute atomic E-state index is 0. The highest BCUT2D eigenvalue weighted by Gasteiger charge is 2.31. The minimum atomic E-state index is -3.60. The van der Waals surface area contributed by atoms with Gasteiger partial charge < -0.3 is 15.7 Å². The van der Waals surface area contributed by atoms with Crippen LogP contribution in [0.25, 0.3) is 0 Å². The van der Waals surface area contributed by atoms with Gasteiger partial charge in [0, 0.05) is 43.7 Å². The topological polar surface area (TPSA) is 98.7 Å². The van der Waals surface area contributed by atoms with Gasteiger partial charge in [-0.15, -0.1) is 12.4 Å². The first-order chi connectivity index (χ1) is 12.4. The molecule has 0 saturated carbocycles. The second-order valence-corrected chi connectivity index (χ2v) is 9.07. The molecule has 0 aromatic heterocycles. The van der Waals surface area contributed by atoms with Gasteiger partial charge in [-0.05, 0) is 38.0 Å². The molecule has 9 heteroatoms. The van der Waals surface area contributed by atoms with Crippen molar-refractivity contribution < 1.29 is 18.3 Å². The van der Waals surface area contributed by atoms with Crippen molar-refractivity contribution in [1.29, 1.82) is 0 Å². The summed E-state index contributed by atoms with van der Waals surface area (Å²) < 4.78 is 27.4. The van der Waals surface area contributed by atoms with E-state index in [0.717, 1.165) is 19.3 Å². The lowest BCUT2D eigenvalue weighted by Gasteiger charge is -2.32. The second-order valence-electron chi connectivity index (χ2n) is 7.18. The van der Waals surface area contributed by atoms with Gasteiger partial charge in [0.1, 0.15) is 0 Å². The highest BCUT2D eigenvalue weighted by Crippen LogP contribution is 2.25. The van der Waals surface area contributed by atoms with Crippen molar-refractivity contribution in [3.05, 3.63) is 29.8 Å². The molecule has 3 N–H and O–H groups in total. The molecule has 3 rings (SSSR count). The fourth-order valence-corrected chi connectivity index (χ4v) is 5.36. The van der Waals surface area contributed by atoms with Crippen LogP contribution in [0, 0.1) is 5.92 Å². The van der Waals surface area contributed by atoms with Gasteiger partial charge in [0.05, 0.1) is 11.0 Å². The van der Waals surface area contributed by atoms with Crippen LogP contribution < -0.4 is 10.6 Å². The number of nitrogens with one attached hydrogen (secondary N) is 2. The van der Waals surface area contributed by atoms with E-state index in [2.05, 4.69) is 10.6 Å². The van der Waals surface area contributed by atoms with E-state index in [1.54, 1.807) is 12.1 Å². The molecule has 1 amide bonds. The van der Waals surface area contributed by atoms with E-state index in [-0.39, 0.29) is 35.2 Å². The number of halogens is 1. The molecule has 0 bridgehead atoms. The van der Waals surface area contributed by atoms with Crippen LogP contribution in [0.5, 0.6) is 0 Å². The SMILES string of the molecule is CC1CCCCN1S(=O)(=O)c1cccc(C(=O)NCC2CNCC2O)c1.Cl. The van der Waals surface area contributed by atoms with E-state index in [0.29, 0.717) is 31.7 Å². The Morgan fingerprint density at radius 1 is 1.33 bits per heavy atom. The number of aliphatic hydroxyl groups is 1. The second kappa shape index (κ2) is 9.34. The molecular formula is C18H28ClN3O4S. The smallest absolute Gasteiger partial charge is 0.251 e. The first-order valence-electron chi connectivity index (χ1n) is 9.18. The Kier molecular flexibility index (Phi) is 7.64. The number of carbonyl (C=O) groups excluding carboxylic acids is 1. The van der Waals surface area contributed by atoms with E-state index in [1.807, 2.05) is 6.92 Å². The van der Waals surface area contributed by atoms with Gasteiger partial charge in [-0.3, -0.25) is 4.79 Å². The molecule has 2 aliphatic heterocycles. The first-order valence-corrected chi connectivity index (χ1v) is 10.6. The highest BCUT2D eigenvalue weighted by molar-refractivity contribution is 7.89. The zero-order valence-corrected chi connectivity index (χ0v) is 17.1. The van der Waals surface area contributed by atoms with Crippen LogP contribution in [0.3, 0.4) is 0 Å². The normalized spacial score (nSPS) is 26.4. The van der Waals surface area contributed by atoms with Crippen molar-refractivity contribution in [2.45, 2.75) is 43.2 Å². The summed E-state index contributed by atoms with van der Waals surface area (Å²) in [5.74, 6) is -0.354. The average molecular weight is 418 g/mol. The fourth-order valence-electron chi connectivity index (χ4n) is 3.62. The van der Waals surface area contributed by atoms with Crippen molar-refractivity contribution in [3.8, 4) is 0 Å². The Balaban J connectivity index is 0.00000261. The number of β-amino-alcohol motifs (C(OH)–C–C–N with tert-alkyl or cyclic N) is 1. The molecule has 0 aliphatic carbocycles. The Morgan fingerprint density at radius 3 is 2.78 bits per heavy atom. The summed E-state index contributed by atoms with van der Waals surface area (Å²) in [6.07, 6.45) is 2.29. The quantitative estimate of drug-likeness (QED) is 0.663. The van der Waals surface area contributed by atoms with Gasteiger partial charge in [-0.1, -0.05) is 12.5 Å². The van der Waals surface area contributed by atoms with E-state index in [1.165, 1.54) is 16.4 Å². The molecule has 1 aromatic rings. The zero-order valence-electron chi connectivity index (χ0n) is 15.4. The standard InChI is InChI=1S/C18H27N3O4S.ClH/c1-13-5-2-3-8-21(13)26(24,25)16-7-4-6-14(9-16)18(23)20-11-15-10-19-12-17(15)22;/h4,6-7,9,13,15,17,19,22H,2-3,5,8,10-12H2,1H3,(H,20,23);1H. The Hall–Kier alpha value is -1.19. The van der Waals surface area contributed by atoms with Gasteiger partial charge in [-0.25, -0.2) is 8.42 Å². The summed E-state index contributed by atoms with van der Waals surface area (Å²) in [5, 5.41) is 15.7. The average Bonchev–Trinajstić information content (AvgIpc) is 3.05. The van der Waals surface area contributed by atoms with Crippen LogP contribution in [-0.4, -0.2) is 62.1 Å². The van der Waals surface area contributed by atoms with Crippen LogP contribution >= 0.6 is 12.4 Å². The minimum Gasteiger partial charge on any atom is -0.391 e. The maximum Gasteiger partial charge on any atom is 0.251 e. The Labute approximate surface area is 167 Å². The fraction of sp³-hybridized carbons (Fsp3) is 0.611. The molecule has 0 radical (unpaired) electrons.